The van der Waals surface area contributed by atoms with E-state index in [0.717, 1.165) is 22.5 Å². The van der Waals surface area contributed by atoms with Crippen LogP contribution in [0, 0.1) is 6.92 Å². The highest BCUT2D eigenvalue weighted by molar-refractivity contribution is 5.94. The minimum Gasteiger partial charge on any atom is -0.363 e. The van der Waals surface area contributed by atoms with E-state index in [1.807, 2.05) is 54.1 Å². The number of aryl methyl sites for hydroxylation is 1. The molecule has 0 saturated carbocycles. The molecule has 1 unspecified atom stereocenters. The summed E-state index contributed by atoms with van der Waals surface area (Å²) < 4.78 is 7.67. The van der Waals surface area contributed by atoms with Gasteiger partial charge in [-0.15, -0.1) is 0 Å². The molecule has 1 amide bonds. The summed E-state index contributed by atoms with van der Waals surface area (Å²) in [5.41, 5.74) is 5.21. The Balaban J connectivity index is 1.47. The highest BCUT2D eigenvalue weighted by Gasteiger charge is 2.25. The zero-order chi connectivity index (χ0) is 17.2. The molecule has 126 valence electrons. The molecule has 0 radical (unpaired) electrons. The van der Waals surface area contributed by atoms with Crippen molar-refractivity contribution in [1.82, 2.24) is 9.55 Å². The van der Waals surface area contributed by atoms with Crippen LogP contribution in [0.1, 0.15) is 16.7 Å². The van der Waals surface area contributed by atoms with E-state index in [4.69, 9.17) is 4.74 Å². The Labute approximate surface area is 146 Å². The van der Waals surface area contributed by atoms with Crippen LogP contribution < -0.4 is 5.32 Å². The van der Waals surface area contributed by atoms with Crippen LogP contribution in [-0.2, 0) is 22.6 Å². The van der Waals surface area contributed by atoms with Crippen LogP contribution in [0.4, 0.5) is 5.69 Å². The molecule has 2 heterocycles. The van der Waals surface area contributed by atoms with Crippen LogP contribution in [0.2, 0.25) is 0 Å². The number of aromatic nitrogens is 2. The Morgan fingerprint density at radius 3 is 2.84 bits per heavy atom. The third-order valence-electron chi connectivity index (χ3n) is 4.50. The first-order valence-electron chi connectivity index (χ1n) is 8.29. The van der Waals surface area contributed by atoms with Crippen LogP contribution in [0.25, 0.3) is 5.69 Å². The van der Waals surface area contributed by atoms with Crippen molar-refractivity contribution in [3.05, 3.63) is 77.9 Å². The first-order valence-corrected chi connectivity index (χ1v) is 8.29. The number of carbonyl (C=O) groups excluding carboxylic acids is 1. The zero-order valence-corrected chi connectivity index (χ0v) is 14.0. The standard InChI is InChI=1S/C20H19N3O2/c1-14-10-17(6-7-18(14)23-9-8-21-13-23)22-20(24)19-11-15-4-2-3-5-16(15)12-25-19/h2-10,13,19H,11-12H2,1H3,(H,22,24). The summed E-state index contributed by atoms with van der Waals surface area (Å²) in [5.74, 6) is -0.107. The molecule has 3 aromatic rings. The molecule has 1 atom stereocenters. The van der Waals surface area contributed by atoms with Crippen molar-refractivity contribution in [2.24, 2.45) is 0 Å². The minimum absolute atomic E-state index is 0.107. The fourth-order valence-corrected chi connectivity index (χ4v) is 3.16. The maximum absolute atomic E-state index is 12.6. The normalized spacial score (nSPS) is 16.3. The average Bonchev–Trinajstić information content (AvgIpc) is 3.15. The lowest BCUT2D eigenvalue weighted by Gasteiger charge is -2.24. The summed E-state index contributed by atoms with van der Waals surface area (Å²) in [6.07, 6.45) is 5.55. The van der Waals surface area contributed by atoms with Crippen LogP contribution in [0.3, 0.4) is 0 Å². The highest BCUT2D eigenvalue weighted by atomic mass is 16.5. The van der Waals surface area contributed by atoms with Gasteiger partial charge in [0.15, 0.2) is 0 Å². The molecule has 1 aliphatic rings. The van der Waals surface area contributed by atoms with Crippen molar-refractivity contribution in [2.45, 2.75) is 26.1 Å². The minimum atomic E-state index is -0.455. The molecule has 5 nitrogen and oxygen atoms in total. The van der Waals surface area contributed by atoms with E-state index in [-0.39, 0.29) is 5.91 Å². The fourth-order valence-electron chi connectivity index (χ4n) is 3.16. The third-order valence-corrected chi connectivity index (χ3v) is 4.50. The van der Waals surface area contributed by atoms with Gasteiger partial charge in [-0.2, -0.15) is 0 Å². The lowest BCUT2D eigenvalue weighted by Crippen LogP contribution is -2.35. The van der Waals surface area contributed by atoms with E-state index in [9.17, 15) is 4.79 Å². The number of benzene rings is 2. The van der Waals surface area contributed by atoms with Crippen molar-refractivity contribution >= 4 is 11.6 Å². The van der Waals surface area contributed by atoms with Gasteiger partial charge < -0.3 is 14.6 Å². The summed E-state index contributed by atoms with van der Waals surface area (Å²) in [6, 6.07) is 13.9. The second-order valence-electron chi connectivity index (χ2n) is 6.23. The number of hydrogen-bond donors (Lipinski definition) is 1. The molecule has 1 N–H and O–H groups in total. The number of nitrogens with zero attached hydrogens (tertiary/aromatic N) is 2. The number of imidazole rings is 1. The number of fused-ring (bicyclic) bond motifs is 1. The summed E-state index contributed by atoms with van der Waals surface area (Å²) in [6.45, 7) is 2.49. The largest absolute Gasteiger partial charge is 0.363 e. The van der Waals surface area contributed by atoms with Gasteiger partial charge in [-0.05, 0) is 41.8 Å². The first-order chi connectivity index (χ1) is 12.2. The number of hydrogen-bond acceptors (Lipinski definition) is 3. The third kappa shape index (κ3) is 3.19. The Morgan fingerprint density at radius 1 is 1.24 bits per heavy atom. The van der Waals surface area contributed by atoms with Gasteiger partial charge in [0.05, 0.1) is 12.9 Å². The van der Waals surface area contributed by atoms with Gasteiger partial charge >= 0.3 is 0 Å². The number of nitrogens with one attached hydrogen (secondary N) is 1. The average molecular weight is 333 g/mol. The zero-order valence-electron chi connectivity index (χ0n) is 14.0. The lowest BCUT2D eigenvalue weighted by molar-refractivity contribution is -0.129. The molecule has 1 aliphatic heterocycles. The van der Waals surface area contributed by atoms with E-state index >= 15 is 0 Å². The summed E-state index contributed by atoms with van der Waals surface area (Å²) in [7, 11) is 0. The highest BCUT2D eigenvalue weighted by Crippen LogP contribution is 2.23. The van der Waals surface area contributed by atoms with Gasteiger partial charge in [-0.1, -0.05) is 24.3 Å². The van der Waals surface area contributed by atoms with Gasteiger partial charge in [0.2, 0.25) is 0 Å². The summed E-state index contributed by atoms with van der Waals surface area (Å²) in [4.78, 5) is 16.6. The lowest BCUT2D eigenvalue weighted by atomic mass is 9.99. The van der Waals surface area contributed by atoms with Crippen LogP contribution in [0.5, 0.6) is 0 Å². The molecule has 0 saturated heterocycles. The summed E-state index contributed by atoms with van der Waals surface area (Å²) in [5, 5.41) is 2.97. The molecule has 0 spiro atoms. The Hall–Kier alpha value is -2.92. The number of carbonyl (C=O) groups is 1. The van der Waals surface area contributed by atoms with Crippen molar-refractivity contribution in [2.75, 3.05) is 5.32 Å². The molecule has 0 aliphatic carbocycles. The van der Waals surface area contributed by atoms with Crippen molar-refractivity contribution in [3.8, 4) is 5.69 Å². The number of anilines is 1. The predicted molar refractivity (Wildman–Crippen MR) is 95.7 cm³/mol. The van der Waals surface area contributed by atoms with E-state index in [1.54, 1.807) is 12.5 Å². The number of ether oxygens (including phenoxy) is 1. The van der Waals surface area contributed by atoms with Crippen LogP contribution in [-0.4, -0.2) is 21.6 Å². The van der Waals surface area contributed by atoms with Gasteiger partial charge in [0.1, 0.15) is 6.10 Å². The Morgan fingerprint density at radius 2 is 2.08 bits per heavy atom. The Bertz CT molecular complexity index is 903. The van der Waals surface area contributed by atoms with E-state index in [2.05, 4.69) is 16.4 Å². The monoisotopic (exact) mass is 333 g/mol. The second-order valence-corrected chi connectivity index (χ2v) is 6.23. The van der Waals surface area contributed by atoms with Gasteiger partial charge in [0.25, 0.3) is 5.91 Å². The molecule has 1 aromatic heterocycles. The summed E-state index contributed by atoms with van der Waals surface area (Å²) >= 11 is 0. The molecular formula is C20H19N3O2. The van der Waals surface area contributed by atoms with Crippen molar-refractivity contribution < 1.29 is 9.53 Å². The quantitative estimate of drug-likeness (QED) is 0.800. The molecule has 0 fully saturated rings. The van der Waals surface area contributed by atoms with Gasteiger partial charge in [-0.25, -0.2) is 4.98 Å². The van der Waals surface area contributed by atoms with Crippen molar-refractivity contribution in [1.29, 1.82) is 0 Å². The molecule has 4 rings (SSSR count). The Kier molecular flexibility index (Phi) is 4.07. The smallest absolute Gasteiger partial charge is 0.253 e. The van der Waals surface area contributed by atoms with Gasteiger partial charge in [0, 0.05) is 30.2 Å². The maximum Gasteiger partial charge on any atom is 0.253 e. The molecule has 5 heteroatoms. The fraction of sp³-hybridized carbons (Fsp3) is 0.200. The number of rotatable bonds is 3. The second kappa shape index (κ2) is 6.53. The van der Waals surface area contributed by atoms with Crippen LogP contribution >= 0.6 is 0 Å². The number of amides is 1. The molecule has 25 heavy (non-hydrogen) atoms. The first kappa shape index (κ1) is 15.6. The topological polar surface area (TPSA) is 56.1 Å². The van der Waals surface area contributed by atoms with E-state index < -0.39 is 6.10 Å². The molecule has 2 aromatic carbocycles. The van der Waals surface area contributed by atoms with E-state index in [1.165, 1.54) is 5.56 Å². The maximum atomic E-state index is 12.6. The predicted octanol–water partition coefficient (Wildman–Crippen LogP) is 3.26. The van der Waals surface area contributed by atoms with Crippen LogP contribution in [0.15, 0.2) is 61.2 Å². The molecular weight excluding hydrogens is 314 g/mol. The van der Waals surface area contributed by atoms with Gasteiger partial charge in [-0.3, -0.25) is 4.79 Å². The molecule has 0 bridgehead atoms. The van der Waals surface area contributed by atoms with E-state index in [0.29, 0.717) is 13.0 Å². The van der Waals surface area contributed by atoms with Crippen molar-refractivity contribution in [3.63, 3.8) is 0 Å². The SMILES string of the molecule is Cc1cc(NC(=O)C2Cc3ccccc3CO2)ccc1-n1ccnc1.